The van der Waals surface area contributed by atoms with Gasteiger partial charge < -0.3 is 24.2 Å². The van der Waals surface area contributed by atoms with Gasteiger partial charge in [0.25, 0.3) is 11.7 Å². The summed E-state index contributed by atoms with van der Waals surface area (Å²) in [6.45, 7) is 4.01. The molecule has 0 saturated carbocycles. The van der Waals surface area contributed by atoms with Crippen molar-refractivity contribution in [2.45, 2.75) is 12.5 Å². The van der Waals surface area contributed by atoms with Crippen LogP contribution in [0.2, 0.25) is 0 Å². The fourth-order valence-electron chi connectivity index (χ4n) is 4.54. The first-order valence-corrected chi connectivity index (χ1v) is 11.5. The molecule has 2 heterocycles. The Labute approximate surface area is 203 Å². The van der Waals surface area contributed by atoms with Gasteiger partial charge >= 0.3 is 0 Å². The third-order valence-corrected chi connectivity index (χ3v) is 6.37. The Morgan fingerprint density at radius 3 is 2.43 bits per heavy atom. The number of ether oxygens (including phenoxy) is 3. The minimum atomic E-state index is -0.894. The van der Waals surface area contributed by atoms with E-state index >= 15 is 0 Å². The minimum absolute atomic E-state index is 0.0699. The number of hydrogen-bond donors (Lipinski definition) is 1. The lowest BCUT2D eigenvalue weighted by molar-refractivity contribution is -0.140. The van der Waals surface area contributed by atoms with Crippen LogP contribution in [0.3, 0.4) is 0 Å². The van der Waals surface area contributed by atoms with Crippen molar-refractivity contribution in [1.29, 1.82) is 0 Å². The van der Waals surface area contributed by atoms with E-state index in [4.69, 9.17) is 14.2 Å². The quantitative estimate of drug-likeness (QED) is 0.350. The topological polar surface area (TPSA) is 88.5 Å². The number of carbonyl (C=O) groups is 2. The summed E-state index contributed by atoms with van der Waals surface area (Å²) in [6, 6.07) is 9.33. The number of likely N-dealkylation sites (tertiary alicyclic amines) is 1. The molecule has 4 rings (SSSR count). The molecule has 1 atom stereocenters. The Morgan fingerprint density at radius 1 is 1.06 bits per heavy atom. The largest absolute Gasteiger partial charge is 0.507 e. The summed E-state index contributed by atoms with van der Waals surface area (Å²) in [4.78, 5) is 30.1. The third-order valence-electron chi connectivity index (χ3n) is 6.37. The van der Waals surface area contributed by atoms with Crippen LogP contribution in [0.1, 0.15) is 23.6 Å². The molecule has 0 unspecified atom stereocenters. The molecule has 35 heavy (non-hydrogen) atoms. The second-order valence-corrected chi connectivity index (χ2v) is 8.41. The summed E-state index contributed by atoms with van der Waals surface area (Å²) in [6.07, 6.45) is 0.631. The zero-order valence-corrected chi connectivity index (χ0v) is 19.8. The van der Waals surface area contributed by atoms with Gasteiger partial charge in [0, 0.05) is 37.3 Å². The molecule has 0 bridgehead atoms. The average molecular weight is 485 g/mol. The van der Waals surface area contributed by atoms with Crippen molar-refractivity contribution in [1.82, 2.24) is 9.80 Å². The summed E-state index contributed by atoms with van der Waals surface area (Å²) >= 11 is 0. The number of benzene rings is 2. The van der Waals surface area contributed by atoms with Crippen molar-refractivity contribution in [3.63, 3.8) is 0 Å². The van der Waals surface area contributed by atoms with Gasteiger partial charge in [-0.1, -0.05) is 0 Å². The molecule has 0 spiro atoms. The molecule has 2 saturated heterocycles. The molecule has 1 N–H and O–H groups in total. The van der Waals surface area contributed by atoms with Crippen molar-refractivity contribution < 1.29 is 33.3 Å². The molecule has 2 fully saturated rings. The van der Waals surface area contributed by atoms with Gasteiger partial charge in [0.05, 0.1) is 39.0 Å². The van der Waals surface area contributed by atoms with Crippen LogP contribution in [0, 0.1) is 5.82 Å². The van der Waals surface area contributed by atoms with E-state index in [2.05, 4.69) is 4.90 Å². The van der Waals surface area contributed by atoms with E-state index in [1.54, 1.807) is 18.2 Å². The van der Waals surface area contributed by atoms with Crippen LogP contribution < -0.4 is 9.47 Å². The van der Waals surface area contributed by atoms with Gasteiger partial charge in [-0.2, -0.15) is 0 Å². The Morgan fingerprint density at radius 2 is 1.77 bits per heavy atom. The maximum Gasteiger partial charge on any atom is 0.295 e. The molecule has 0 radical (unpaired) electrons. The van der Waals surface area contributed by atoms with Gasteiger partial charge in [0.2, 0.25) is 0 Å². The molecule has 9 heteroatoms. The van der Waals surface area contributed by atoms with Crippen LogP contribution in [-0.2, 0) is 14.3 Å². The van der Waals surface area contributed by atoms with E-state index in [9.17, 15) is 19.1 Å². The summed E-state index contributed by atoms with van der Waals surface area (Å²) in [7, 11) is 3.01. The van der Waals surface area contributed by atoms with Gasteiger partial charge in [-0.3, -0.25) is 14.5 Å². The highest BCUT2D eigenvalue weighted by Gasteiger charge is 2.47. The lowest BCUT2D eigenvalue weighted by Crippen LogP contribution is -2.39. The molecule has 2 aromatic rings. The van der Waals surface area contributed by atoms with E-state index in [1.165, 1.54) is 43.4 Å². The number of halogens is 1. The van der Waals surface area contributed by atoms with Crippen LogP contribution in [0.5, 0.6) is 11.5 Å². The number of Topliss-reactive ketones (excluding diaryl/α,β-unsaturated/α-hetero) is 1. The summed E-state index contributed by atoms with van der Waals surface area (Å²) < 4.78 is 29.8. The van der Waals surface area contributed by atoms with Gasteiger partial charge in [0.1, 0.15) is 23.1 Å². The van der Waals surface area contributed by atoms with Gasteiger partial charge in [-0.25, -0.2) is 4.39 Å². The summed E-state index contributed by atoms with van der Waals surface area (Å²) in [5, 5.41) is 11.1. The van der Waals surface area contributed by atoms with Gasteiger partial charge in [-0.05, 0) is 48.9 Å². The first kappa shape index (κ1) is 24.7. The average Bonchev–Trinajstić information content (AvgIpc) is 3.14. The minimum Gasteiger partial charge on any atom is -0.507 e. The van der Waals surface area contributed by atoms with E-state index in [0.29, 0.717) is 43.2 Å². The van der Waals surface area contributed by atoms with Crippen LogP contribution in [0.15, 0.2) is 48.0 Å². The number of ketones is 1. The number of methoxy groups -OCH3 is 2. The summed E-state index contributed by atoms with van der Waals surface area (Å²) in [5.74, 6) is -1.38. The van der Waals surface area contributed by atoms with Crippen molar-refractivity contribution in [3.8, 4) is 11.5 Å². The molecule has 0 aromatic heterocycles. The molecule has 186 valence electrons. The second-order valence-electron chi connectivity index (χ2n) is 8.41. The van der Waals surface area contributed by atoms with Gasteiger partial charge in [0.15, 0.2) is 0 Å². The maximum absolute atomic E-state index is 13.5. The van der Waals surface area contributed by atoms with Crippen molar-refractivity contribution >= 4 is 17.4 Å². The number of hydrogen-bond acceptors (Lipinski definition) is 7. The predicted molar refractivity (Wildman–Crippen MR) is 127 cm³/mol. The molecule has 2 aromatic carbocycles. The lowest BCUT2D eigenvalue weighted by atomic mass is 9.94. The fourth-order valence-corrected chi connectivity index (χ4v) is 4.54. The first-order valence-electron chi connectivity index (χ1n) is 11.5. The number of carbonyl (C=O) groups excluding carboxylic acids is 2. The van der Waals surface area contributed by atoms with Crippen molar-refractivity contribution in [3.05, 3.63) is 65.0 Å². The van der Waals surface area contributed by atoms with Crippen molar-refractivity contribution in [2.75, 3.05) is 53.6 Å². The number of morpholine rings is 1. The lowest BCUT2D eigenvalue weighted by Gasteiger charge is -2.29. The smallest absolute Gasteiger partial charge is 0.295 e. The number of rotatable bonds is 8. The molecule has 2 aliphatic heterocycles. The van der Waals surface area contributed by atoms with Gasteiger partial charge in [-0.15, -0.1) is 0 Å². The number of aliphatic hydroxyl groups excluding tert-OH is 1. The fraction of sp³-hybridized carbons (Fsp3) is 0.385. The second kappa shape index (κ2) is 10.9. The Kier molecular flexibility index (Phi) is 7.67. The monoisotopic (exact) mass is 484 g/mol. The zero-order valence-electron chi connectivity index (χ0n) is 19.8. The Bertz CT molecular complexity index is 1110. The van der Waals surface area contributed by atoms with E-state index in [0.717, 1.165) is 19.6 Å². The molecular weight excluding hydrogens is 455 g/mol. The first-order chi connectivity index (χ1) is 16.9. The Balaban J connectivity index is 1.75. The zero-order chi connectivity index (χ0) is 24.9. The highest BCUT2D eigenvalue weighted by atomic mass is 19.1. The standard InChI is InChI=1S/C26H29FN2O6/c1-33-19-8-9-21(34-2)20(16-19)23-22(24(30)17-4-6-18(27)7-5-17)25(31)26(32)29(23)11-3-10-28-12-14-35-15-13-28/h4-9,16,23,30H,3,10-15H2,1-2H3/b24-22+/t23-/m0/s1. The molecule has 1 amide bonds. The molecule has 2 aliphatic rings. The van der Waals surface area contributed by atoms with Crippen LogP contribution >= 0.6 is 0 Å². The van der Waals surface area contributed by atoms with Crippen molar-refractivity contribution in [2.24, 2.45) is 0 Å². The van der Waals surface area contributed by atoms with Crippen LogP contribution in [0.25, 0.3) is 5.76 Å². The number of amides is 1. The highest BCUT2D eigenvalue weighted by molar-refractivity contribution is 6.46. The van der Waals surface area contributed by atoms with E-state index in [-0.39, 0.29) is 16.9 Å². The Hall–Kier alpha value is -3.43. The molecule has 8 nitrogen and oxygen atoms in total. The summed E-state index contributed by atoms with van der Waals surface area (Å²) in [5.41, 5.74) is 0.685. The molecular formula is C26H29FN2O6. The van der Waals surface area contributed by atoms with E-state index < -0.39 is 23.5 Å². The third kappa shape index (κ3) is 5.16. The number of aliphatic hydroxyl groups is 1. The normalized spacial score (nSPS) is 20.3. The maximum atomic E-state index is 13.5. The van der Waals surface area contributed by atoms with Crippen LogP contribution in [0.4, 0.5) is 4.39 Å². The SMILES string of the molecule is COc1ccc(OC)c([C@H]2/C(=C(\O)c3ccc(F)cc3)C(=O)C(=O)N2CCCN2CCOCC2)c1. The number of nitrogens with zero attached hydrogens (tertiary/aromatic N) is 2. The van der Waals surface area contributed by atoms with E-state index in [1.807, 2.05) is 0 Å². The van der Waals surface area contributed by atoms with Crippen LogP contribution in [-0.4, -0.2) is 80.2 Å². The molecule has 0 aliphatic carbocycles. The predicted octanol–water partition coefficient (Wildman–Crippen LogP) is 2.99. The highest BCUT2D eigenvalue weighted by Crippen LogP contribution is 2.43.